The second-order valence-corrected chi connectivity index (χ2v) is 6.67. The van der Waals surface area contributed by atoms with Crippen LogP contribution in [0.15, 0.2) is 30.5 Å². The van der Waals surface area contributed by atoms with Crippen molar-refractivity contribution in [2.75, 3.05) is 13.7 Å². The lowest BCUT2D eigenvalue weighted by molar-refractivity contribution is -0.235. The van der Waals surface area contributed by atoms with E-state index in [0.717, 1.165) is 11.4 Å². The number of aliphatic hydroxyl groups excluding tert-OH is 4. The molecule has 3 unspecified atom stereocenters. The number of hydrogen-bond donors (Lipinski definition) is 5. The topological polar surface area (TPSA) is 159 Å². The van der Waals surface area contributed by atoms with E-state index in [2.05, 4.69) is 15.6 Å². The minimum absolute atomic E-state index is 0.0380. The average Bonchev–Trinajstić information content (AvgIpc) is 3.22. The lowest BCUT2D eigenvalue weighted by Crippen LogP contribution is -2.63. The monoisotopic (exact) mass is 408 g/mol. The van der Waals surface area contributed by atoms with E-state index in [0.29, 0.717) is 12.1 Å². The predicted octanol–water partition coefficient (Wildman–Crippen LogP) is -1.88. The van der Waals surface area contributed by atoms with Crippen LogP contribution in [-0.4, -0.2) is 85.7 Å². The Balaban J connectivity index is 1.53. The number of benzene rings is 1. The zero-order chi connectivity index (χ0) is 21.0. The van der Waals surface area contributed by atoms with Gasteiger partial charge in [-0.1, -0.05) is 5.21 Å². The maximum absolute atomic E-state index is 12.2. The molecule has 1 aliphatic rings. The summed E-state index contributed by atoms with van der Waals surface area (Å²) in [6.45, 7) is -0.564. The maximum atomic E-state index is 12.2. The Bertz CT molecular complexity index is 811. The van der Waals surface area contributed by atoms with Crippen molar-refractivity contribution in [3.8, 4) is 11.4 Å². The maximum Gasteiger partial charge on any atom is 0.222 e. The van der Waals surface area contributed by atoms with Crippen molar-refractivity contribution in [1.82, 2.24) is 20.3 Å². The van der Waals surface area contributed by atoms with Crippen molar-refractivity contribution in [3.63, 3.8) is 0 Å². The molecule has 0 saturated carbocycles. The molecule has 1 saturated heterocycles. The summed E-state index contributed by atoms with van der Waals surface area (Å²) in [5.41, 5.74) is 1.38. The number of aliphatic hydroxyl groups is 4. The third kappa shape index (κ3) is 4.89. The molecule has 0 radical (unpaired) electrons. The molecule has 1 aromatic heterocycles. The van der Waals surface area contributed by atoms with E-state index in [1.807, 2.05) is 12.1 Å². The summed E-state index contributed by atoms with van der Waals surface area (Å²) in [5, 5.41) is 49.2. The van der Waals surface area contributed by atoms with Gasteiger partial charge in [0.05, 0.1) is 31.3 Å². The van der Waals surface area contributed by atoms with Crippen molar-refractivity contribution in [2.45, 2.75) is 43.5 Å². The third-order valence-corrected chi connectivity index (χ3v) is 4.68. The number of hydrogen-bond acceptors (Lipinski definition) is 9. The van der Waals surface area contributed by atoms with Gasteiger partial charge in [-0.3, -0.25) is 4.79 Å². The molecule has 5 N–H and O–H groups in total. The van der Waals surface area contributed by atoms with Crippen molar-refractivity contribution in [2.24, 2.45) is 0 Å². The molecule has 3 rings (SSSR count). The van der Waals surface area contributed by atoms with E-state index in [-0.39, 0.29) is 6.42 Å². The van der Waals surface area contributed by atoms with Crippen LogP contribution in [0.25, 0.3) is 5.69 Å². The zero-order valence-electron chi connectivity index (χ0n) is 15.8. The Morgan fingerprint density at radius 1 is 1.21 bits per heavy atom. The molecule has 11 heteroatoms. The van der Waals surface area contributed by atoms with Crippen LogP contribution in [0.4, 0.5) is 0 Å². The van der Waals surface area contributed by atoms with Crippen LogP contribution in [-0.2, 0) is 16.0 Å². The second-order valence-electron chi connectivity index (χ2n) is 6.67. The normalized spacial score (nSPS) is 26.9. The van der Waals surface area contributed by atoms with E-state index in [9.17, 15) is 25.2 Å². The highest BCUT2D eigenvalue weighted by atomic mass is 16.6. The molecule has 158 valence electrons. The summed E-state index contributed by atoms with van der Waals surface area (Å²) in [7, 11) is 1.58. The number of methoxy groups -OCH3 is 1. The Kier molecular flexibility index (Phi) is 6.77. The van der Waals surface area contributed by atoms with Crippen molar-refractivity contribution in [3.05, 3.63) is 36.2 Å². The Morgan fingerprint density at radius 2 is 1.93 bits per heavy atom. The first-order chi connectivity index (χ1) is 13.9. The van der Waals surface area contributed by atoms with Crippen LogP contribution in [0.3, 0.4) is 0 Å². The lowest BCUT2D eigenvalue weighted by atomic mass is 9.98. The Labute approximate surface area is 166 Å². The van der Waals surface area contributed by atoms with Crippen LogP contribution >= 0.6 is 0 Å². The predicted molar refractivity (Wildman–Crippen MR) is 98.1 cm³/mol. The van der Waals surface area contributed by atoms with Gasteiger partial charge in [-0.2, -0.15) is 0 Å². The third-order valence-electron chi connectivity index (χ3n) is 4.68. The molecule has 11 nitrogen and oxygen atoms in total. The molecule has 29 heavy (non-hydrogen) atoms. The highest BCUT2D eigenvalue weighted by molar-refractivity contribution is 5.76. The minimum Gasteiger partial charge on any atom is -0.497 e. The molecule has 0 aliphatic carbocycles. The van der Waals surface area contributed by atoms with Gasteiger partial charge < -0.3 is 35.2 Å². The highest BCUT2D eigenvalue weighted by Crippen LogP contribution is 2.20. The molecule has 1 amide bonds. The molecule has 2 aromatic rings. The smallest absolute Gasteiger partial charge is 0.222 e. The number of nitrogens with one attached hydrogen (secondary N) is 1. The fourth-order valence-electron chi connectivity index (χ4n) is 2.97. The number of nitrogens with zero attached hydrogens (tertiary/aromatic N) is 3. The van der Waals surface area contributed by atoms with Gasteiger partial charge in [0.1, 0.15) is 30.2 Å². The molecular formula is C18H24N4O7. The van der Waals surface area contributed by atoms with Crippen molar-refractivity contribution < 1.29 is 34.7 Å². The number of carbonyl (C=O) groups is 1. The summed E-state index contributed by atoms with van der Waals surface area (Å²) in [6, 6.07) is 7.24. The van der Waals surface area contributed by atoms with Gasteiger partial charge in [0, 0.05) is 12.8 Å². The fraction of sp³-hybridized carbons (Fsp3) is 0.500. The molecule has 2 heterocycles. The van der Waals surface area contributed by atoms with E-state index < -0.39 is 43.2 Å². The van der Waals surface area contributed by atoms with Crippen molar-refractivity contribution >= 4 is 5.91 Å². The van der Waals surface area contributed by atoms with E-state index in [1.165, 1.54) is 0 Å². The fourth-order valence-corrected chi connectivity index (χ4v) is 2.97. The van der Waals surface area contributed by atoms with Gasteiger partial charge in [-0.05, 0) is 24.3 Å². The number of aromatic nitrogens is 3. The second kappa shape index (κ2) is 9.29. The van der Waals surface area contributed by atoms with Crippen LogP contribution in [0, 0.1) is 0 Å². The minimum atomic E-state index is -1.55. The Morgan fingerprint density at radius 3 is 2.59 bits per heavy atom. The van der Waals surface area contributed by atoms with Crippen molar-refractivity contribution in [1.29, 1.82) is 0 Å². The number of rotatable bonds is 7. The summed E-state index contributed by atoms with van der Waals surface area (Å²) in [5.74, 6) is 0.271. The standard InChI is InChI=1S/C18H24N4O7/c1-28-12-5-3-11(4-6-12)22-8-10(20-21-22)2-7-14(24)19-18-17(27)16(26)15(25)13(9-23)29-18/h3-6,8,13,15-18,23,25-27H,2,7,9H2,1H3,(H,19,24)/t13?,15-,16?,17?,18-/m1/s1. The van der Waals surface area contributed by atoms with Gasteiger partial charge >= 0.3 is 0 Å². The Hall–Kier alpha value is -2.57. The molecule has 0 bridgehead atoms. The van der Waals surface area contributed by atoms with Gasteiger partial charge in [-0.15, -0.1) is 5.10 Å². The molecule has 1 aromatic carbocycles. The number of amides is 1. The molecule has 0 spiro atoms. The highest BCUT2D eigenvalue weighted by Gasteiger charge is 2.43. The molecule has 5 atom stereocenters. The number of aryl methyl sites for hydroxylation is 1. The summed E-state index contributed by atoms with van der Waals surface area (Å²) in [4.78, 5) is 12.2. The van der Waals surface area contributed by atoms with Gasteiger partial charge in [0.25, 0.3) is 0 Å². The van der Waals surface area contributed by atoms with Gasteiger partial charge in [0.15, 0.2) is 6.23 Å². The SMILES string of the molecule is COc1ccc(-n2cc(CCC(=O)N[C@@H]3OC(CO)[C@@H](O)C(O)C3O)nn2)cc1. The van der Waals surface area contributed by atoms with Crippen LogP contribution < -0.4 is 10.1 Å². The van der Waals surface area contributed by atoms with Gasteiger partial charge in [-0.25, -0.2) is 4.68 Å². The average molecular weight is 408 g/mol. The lowest BCUT2D eigenvalue weighted by Gasteiger charge is -2.40. The first-order valence-corrected chi connectivity index (χ1v) is 9.08. The quantitative estimate of drug-likeness (QED) is 0.353. The van der Waals surface area contributed by atoms with E-state index in [1.54, 1.807) is 30.1 Å². The van der Waals surface area contributed by atoms with E-state index in [4.69, 9.17) is 9.47 Å². The van der Waals surface area contributed by atoms with Gasteiger partial charge in [0.2, 0.25) is 5.91 Å². The van der Waals surface area contributed by atoms with Crippen LogP contribution in [0.2, 0.25) is 0 Å². The number of ether oxygens (including phenoxy) is 2. The zero-order valence-corrected chi connectivity index (χ0v) is 15.8. The first kappa shape index (κ1) is 21.1. The molecule has 1 aliphatic heterocycles. The first-order valence-electron chi connectivity index (χ1n) is 9.08. The summed E-state index contributed by atoms with van der Waals surface area (Å²) < 4.78 is 11.9. The number of carbonyl (C=O) groups excluding carboxylic acids is 1. The summed E-state index contributed by atoms with van der Waals surface area (Å²) in [6.07, 6.45) is -4.84. The largest absolute Gasteiger partial charge is 0.497 e. The summed E-state index contributed by atoms with van der Waals surface area (Å²) >= 11 is 0. The molecular weight excluding hydrogens is 384 g/mol. The molecule has 1 fully saturated rings. The van der Waals surface area contributed by atoms with Crippen LogP contribution in [0.5, 0.6) is 5.75 Å². The van der Waals surface area contributed by atoms with Crippen LogP contribution in [0.1, 0.15) is 12.1 Å². The van der Waals surface area contributed by atoms with E-state index >= 15 is 0 Å².